The van der Waals surface area contributed by atoms with E-state index in [9.17, 15) is 14.4 Å². The van der Waals surface area contributed by atoms with Crippen LogP contribution in [0.1, 0.15) is 31.7 Å². The summed E-state index contributed by atoms with van der Waals surface area (Å²) in [4.78, 5) is 37.9. The van der Waals surface area contributed by atoms with Gasteiger partial charge in [-0.1, -0.05) is 42.8 Å². The largest absolute Gasteiger partial charge is 0.468 e. The van der Waals surface area contributed by atoms with Gasteiger partial charge in [0.25, 0.3) is 0 Å². The lowest BCUT2D eigenvalue weighted by molar-refractivity contribution is -0.169. The molecule has 132 valence electrons. The van der Waals surface area contributed by atoms with Crippen LogP contribution in [0, 0.1) is 17.3 Å². The Kier molecular flexibility index (Phi) is 4.50. The number of hydrogen-bond donors (Lipinski definition) is 0. The van der Waals surface area contributed by atoms with Crippen LogP contribution in [-0.2, 0) is 23.9 Å². The Morgan fingerprint density at radius 1 is 1.12 bits per heavy atom. The third kappa shape index (κ3) is 2.49. The van der Waals surface area contributed by atoms with Crippen molar-refractivity contribution in [2.24, 2.45) is 17.3 Å². The van der Waals surface area contributed by atoms with Gasteiger partial charge in [0.1, 0.15) is 0 Å². The lowest BCUT2D eigenvalue weighted by Gasteiger charge is -2.24. The molecule has 0 bridgehead atoms. The first kappa shape index (κ1) is 17.4. The molecule has 0 saturated heterocycles. The summed E-state index contributed by atoms with van der Waals surface area (Å²) in [6.07, 6.45) is 1.12. The Hall–Kier alpha value is -2.43. The molecule has 2 atom stereocenters. The Balaban J connectivity index is 2.14. The number of fused-ring (bicyclic) bond motifs is 1. The van der Waals surface area contributed by atoms with Crippen LogP contribution >= 0.6 is 0 Å². The second-order valence-corrected chi connectivity index (χ2v) is 6.70. The highest BCUT2D eigenvalue weighted by Crippen LogP contribution is 2.57. The van der Waals surface area contributed by atoms with Crippen molar-refractivity contribution in [3.8, 4) is 0 Å². The van der Waals surface area contributed by atoms with Crippen LogP contribution in [-0.4, -0.2) is 31.9 Å². The molecule has 5 nitrogen and oxygen atoms in total. The van der Waals surface area contributed by atoms with Gasteiger partial charge in [-0.2, -0.15) is 0 Å². The fraction of sp³-hybridized carbons (Fsp3) is 0.450. The molecule has 5 heteroatoms. The van der Waals surface area contributed by atoms with E-state index in [2.05, 4.69) is 0 Å². The Morgan fingerprint density at radius 3 is 2.24 bits per heavy atom. The van der Waals surface area contributed by atoms with E-state index in [0.717, 1.165) is 11.1 Å². The Labute approximate surface area is 147 Å². The quantitative estimate of drug-likeness (QED) is 0.622. The van der Waals surface area contributed by atoms with E-state index in [1.165, 1.54) is 14.2 Å². The summed E-state index contributed by atoms with van der Waals surface area (Å²) in [6.45, 7) is 1.96. The Bertz CT molecular complexity index is 731. The number of methoxy groups -OCH3 is 2. The predicted octanol–water partition coefficient (Wildman–Crippen LogP) is 2.79. The van der Waals surface area contributed by atoms with Gasteiger partial charge in [0.2, 0.25) is 0 Å². The van der Waals surface area contributed by atoms with Gasteiger partial charge in [-0.3, -0.25) is 14.4 Å². The fourth-order valence-electron chi connectivity index (χ4n) is 4.40. The van der Waals surface area contributed by atoms with Crippen molar-refractivity contribution < 1.29 is 23.9 Å². The maximum Gasteiger partial charge on any atom is 0.323 e. The zero-order valence-electron chi connectivity index (χ0n) is 14.7. The Morgan fingerprint density at radius 2 is 1.72 bits per heavy atom. The summed E-state index contributed by atoms with van der Waals surface area (Å²) in [5.41, 5.74) is 1.04. The molecular weight excluding hydrogens is 320 g/mol. The zero-order chi connectivity index (χ0) is 18.2. The van der Waals surface area contributed by atoms with Gasteiger partial charge in [-0.25, -0.2) is 0 Å². The molecule has 0 heterocycles. The van der Waals surface area contributed by atoms with Crippen LogP contribution in [0.15, 0.2) is 35.9 Å². The van der Waals surface area contributed by atoms with Crippen LogP contribution in [0.2, 0.25) is 0 Å². The average Bonchev–Trinajstić information content (AvgIpc) is 3.14. The molecule has 0 N–H and O–H groups in total. The third-order valence-corrected chi connectivity index (χ3v) is 5.55. The van der Waals surface area contributed by atoms with Crippen molar-refractivity contribution >= 4 is 23.3 Å². The second-order valence-electron chi connectivity index (χ2n) is 6.70. The molecule has 0 spiro atoms. The van der Waals surface area contributed by atoms with E-state index >= 15 is 0 Å². The van der Waals surface area contributed by atoms with E-state index in [1.807, 2.05) is 37.3 Å². The number of benzene rings is 1. The van der Waals surface area contributed by atoms with Crippen LogP contribution in [0.5, 0.6) is 0 Å². The van der Waals surface area contributed by atoms with Crippen LogP contribution in [0.25, 0.3) is 5.57 Å². The number of hydrogen-bond acceptors (Lipinski definition) is 5. The van der Waals surface area contributed by atoms with Gasteiger partial charge < -0.3 is 9.47 Å². The molecule has 0 aliphatic heterocycles. The lowest BCUT2D eigenvalue weighted by Crippen LogP contribution is -2.40. The number of carbonyl (C=O) groups is 3. The van der Waals surface area contributed by atoms with Crippen LogP contribution < -0.4 is 0 Å². The predicted molar refractivity (Wildman–Crippen MR) is 91.3 cm³/mol. The number of rotatable bonds is 4. The molecule has 25 heavy (non-hydrogen) atoms. The molecule has 2 aliphatic carbocycles. The highest BCUT2D eigenvalue weighted by molar-refractivity contribution is 6.25. The van der Waals surface area contributed by atoms with Crippen molar-refractivity contribution in [2.45, 2.75) is 26.2 Å². The molecule has 1 aromatic rings. The molecule has 1 fully saturated rings. The SMILES string of the molecule is CC[C@@H]1C(=O)C(c2ccccc2)=C2CC(C(=O)OC)(C(=O)OC)C[C@H]21. The van der Waals surface area contributed by atoms with E-state index in [0.29, 0.717) is 12.0 Å². The topological polar surface area (TPSA) is 69.7 Å². The van der Waals surface area contributed by atoms with Gasteiger partial charge >= 0.3 is 11.9 Å². The molecule has 0 unspecified atom stereocenters. The first-order valence-electron chi connectivity index (χ1n) is 8.49. The summed E-state index contributed by atoms with van der Waals surface area (Å²) >= 11 is 0. The summed E-state index contributed by atoms with van der Waals surface area (Å²) in [5.74, 6) is -1.39. The lowest BCUT2D eigenvalue weighted by atomic mass is 9.80. The molecule has 1 saturated carbocycles. The smallest absolute Gasteiger partial charge is 0.323 e. The normalized spacial score (nSPS) is 24.2. The van der Waals surface area contributed by atoms with Crippen LogP contribution in [0.3, 0.4) is 0 Å². The van der Waals surface area contributed by atoms with E-state index < -0.39 is 17.4 Å². The monoisotopic (exact) mass is 342 g/mol. The standard InChI is InChI=1S/C20H22O5/c1-4-13-14-10-20(18(22)24-2,19(23)25-3)11-15(14)16(17(13)21)12-8-6-5-7-9-12/h5-9,13-14H,4,10-11H2,1-3H3/t13-,14-/m0/s1. The summed E-state index contributed by atoms with van der Waals surface area (Å²) in [7, 11) is 2.55. The third-order valence-electron chi connectivity index (χ3n) is 5.55. The van der Waals surface area contributed by atoms with Crippen LogP contribution in [0.4, 0.5) is 0 Å². The minimum atomic E-state index is -1.35. The molecule has 0 radical (unpaired) electrons. The van der Waals surface area contributed by atoms with Crippen molar-refractivity contribution in [3.63, 3.8) is 0 Å². The molecule has 1 aromatic carbocycles. The zero-order valence-corrected chi connectivity index (χ0v) is 14.7. The summed E-state index contributed by atoms with van der Waals surface area (Å²) in [5, 5.41) is 0. The molecule has 3 rings (SSSR count). The van der Waals surface area contributed by atoms with Gasteiger partial charge in [-0.05, 0) is 30.7 Å². The minimum absolute atomic E-state index is 0.108. The summed E-state index contributed by atoms with van der Waals surface area (Å²) in [6, 6.07) is 9.45. The number of esters is 2. The number of carbonyl (C=O) groups excluding carboxylic acids is 3. The van der Waals surface area contributed by atoms with Crippen molar-refractivity contribution in [1.29, 1.82) is 0 Å². The molecule has 0 aromatic heterocycles. The fourth-order valence-corrected chi connectivity index (χ4v) is 4.40. The molecule has 0 amide bonds. The van der Waals surface area contributed by atoms with Gasteiger partial charge in [0.15, 0.2) is 11.2 Å². The average molecular weight is 342 g/mol. The maximum absolute atomic E-state index is 13.0. The number of allylic oxidation sites excluding steroid dienone is 2. The number of ether oxygens (including phenoxy) is 2. The first-order valence-corrected chi connectivity index (χ1v) is 8.49. The highest BCUT2D eigenvalue weighted by Gasteiger charge is 2.60. The second kappa shape index (κ2) is 6.47. The number of Topliss-reactive ketones (excluding diaryl/α,β-unsaturated/α-hetero) is 1. The van der Waals surface area contributed by atoms with E-state index in [1.54, 1.807) is 0 Å². The summed E-state index contributed by atoms with van der Waals surface area (Å²) < 4.78 is 9.83. The molecule has 2 aliphatic rings. The minimum Gasteiger partial charge on any atom is -0.468 e. The van der Waals surface area contributed by atoms with E-state index in [4.69, 9.17) is 9.47 Å². The van der Waals surface area contributed by atoms with Gasteiger partial charge in [0.05, 0.1) is 14.2 Å². The first-order chi connectivity index (χ1) is 12.0. The van der Waals surface area contributed by atoms with Gasteiger partial charge in [0, 0.05) is 11.5 Å². The van der Waals surface area contributed by atoms with Crippen molar-refractivity contribution in [3.05, 3.63) is 41.5 Å². The highest BCUT2D eigenvalue weighted by atomic mass is 16.5. The van der Waals surface area contributed by atoms with Gasteiger partial charge in [-0.15, -0.1) is 0 Å². The van der Waals surface area contributed by atoms with Crippen molar-refractivity contribution in [2.75, 3.05) is 14.2 Å². The molecular formula is C20H22O5. The van der Waals surface area contributed by atoms with E-state index in [-0.39, 0.29) is 30.5 Å². The number of ketones is 1. The maximum atomic E-state index is 13.0. The van der Waals surface area contributed by atoms with Crippen molar-refractivity contribution in [1.82, 2.24) is 0 Å².